The summed E-state index contributed by atoms with van der Waals surface area (Å²) < 4.78 is 14.0. The minimum absolute atomic E-state index is 0. The Hall–Kier alpha value is 1.29. The molecule has 0 fully saturated rings. The minimum Gasteiger partial charge on any atom is -1.00 e. The van der Waals surface area contributed by atoms with Crippen molar-refractivity contribution in [3.05, 3.63) is 23.3 Å². The molecule has 0 radical (unpaired) electrons. The van der Waals surface area contributed by atoms with E-state index in [0.717, 1.165) is 61.9 Å². The summed E-state index contributed by atoms with van der Waals surface area (Å²) in [5.41, 5.74) is 2.32. The zero-order valence-electron chi connectivity index (χ0n) is 26.3. The number of quaternary nitrogens is 2. The third kappa shape index (κ3) is 13.5. The van der Waals surface area contributed by atoms with Crippen LogP contribution in [-0.2, 0) is 13.1 Å². The van der Waals surface area contributed by atoms with Crippen LogP contribution in [0.5, 0.6) is 11.5 Å². The number of rotatable bonds is 16. The van der Waals surface area contributed by atoms with Crippen LogP contribution in [0.25, 0.3) is 0 Å². The topological polar surface area (TPSA) is 27.3 Å². The highest BCUT2D eigenvalue weighted by Gasteiger charge is 2.41. The number of nitrogens with one attached hydrogen (secondary N) is 2. The molecule has 0 aliphatic carbocycles. The van der Waals surface area contributed by atoms with Gasteiger partial charge in [-0.15, -0.1) is 46.4 Å². The summed E-state index contributed by atoms with van der Waals surface area (Å²) in [6, 6.07) is 4.50. The fourth-order valence-corrected chi connectivity index (χ4v) is 6.80. The molecule has 0 heterocycles. The molecule has 0 saturated carbocycles. The van der Waals surface area contributed by atoms with Gasteiger partial charge in [0, 0.05) is 0 Å². The normalized spacial score (nSPS) is 12.8. The Morgan fingerprint density at radius 1 is 0.575 bits per heavy atom. The first-order valence-electron chi connectivity index (χ1n) is 13.9. The van der Waals surface area contributed by atoms with Gasteiger partial charge in [-0.3, -0.25) is 0 Å². The Bertz CT molecular complexity index is 788. The Morgan fingerprint density at radius 2 is 0.825 bits per heavy atom. The van der Waals surface area contributed by atoms with E-state index in [2.05, 4.69) is 79.9 Å². The van der Waals surface area contributed by atoms with Crippen LogP contribution in [0, 0.1) is 0 Å². The molecule has 1 rings (SSSR count). The summed E-state index contributed by atoms with van der Waals surface area (Å²) in [5, 5.41) is 0.155. The third-order valence-electron chi connectivity index (χ3n) is 8.26. The summed E-state index contributed by atoms with van der Waals surface area (Å²) in [6.07, 6.45) is 0. The van der Waals surface area contributed by atoms with Gasteiger partial charge in [0.05, 0.1) is 60.8 Å². The van der Waals surface area contributed by atoms with E-state index in [1.807, 2.05) is 0 Å². The highest BCUT2D eigenvalue weighted by atomic mass is 79.9. The first kappa shape index (κ1) is 43.4. The molecule has 40 heavy (non-hydrogen) atoms. The van der Waals surface area contributed by atoms with Crippen molar-refractivity contribution >= 4 is 63.0 Å². The summed E-state index contributed by atoms with van der Waals surface area (Å²) in [5.74, 6) is 4.28. The lowest BCUT2D eigenvalue weighted by Crippen LogP contribution is -3.11. The Morgan fingerprint density at radius 3 is 1.02 bits per heavy atom. The van der Waals surface area contributed by atoms with E-state index < -0.39 is 16.6 Å². The Balaban J connectivity index is 0. The van der Waals surface area contributed by atoms with Gasteiger partial charge in [0.1, 0.15) is 24.6 Å². The second-order valence-corrected chi connectivity index (χ2v) is 24.4. The molecule has 0 bridgehead atoms. The molecule has 0 spiro atoms. The van der Waals surface area contributed by atoms with Crippen LogP contribution >= 0.6 is 46.4 Å². The average molecular weight is 809 g/mol. The van der Waals surface area contributed by atoms with Crippen LogP contribution in [-0.4, -0.2) is 66.3 Å². The van der Waals surface area contributed by atoms with E-state index in [1.54, 1.807) is 0 Å². The first-order chi connectivity index (χ1) is 17.4. The molecule has 12 heteroatoms. The van der Waals surface area contributed by atoms with E-state index in [0.29, 0.717) is 23.5 Å². The standard InChI is InChI=1S/C28H52Cl4N2O2Si2.2BrH/c1-27(2,3)37(7,8)35-25-19-24(22-34(17-13-31)18-14-32)26(36-38(9,10)28(4,5)6)20-23(25)21-33(15-11-29)16-12-30;;/h19-20H,11-18,21-22H2,1-10H3;2*1H. The predicted molar refractivity (Wildman–Crippen MR) is 174 cm³/mol. The highest BCUT2D eigenvalue weighted by molar-refractivity contribution is 6.75. The van der Waals surface area contributed by atoms with E-state index in [4.69, 9.17) is 55.3 Å². The molecule has 1 aromatic rings. The number of hydrogen-bond acceptors (Lipinski definition) is 2. The molecular formula is C28H54Br2Cl4N2O2Si2. The first-order valence-corrected chi connectivity index (χ1v) is 21.8. The van der Waals surface area contributed by atoms with Gasteiger partial charge < -0.3 is 52.6 Å². The number of halogens is 6. The van der Waals surface area contributed by atoms with Crippen molar-refractivity contribution in [3.8, 4) is 11.5 Å². The molecule has 0 saturated heterocycles. The van der Waals surface area contributed by atoms with Crippen LogP contribution < -0.4 is 52.6 Å². The van der Waals surface area contributed by atoms with Crippen LogP contribution in [0.2, 0.25) is 36.3 Å². The molecule has 0 aromatic heterocycles. The van der Waals surface area contributed by atoms with Crippen molar-refractivity contribution < 1.29 is 52.6 Å². The SMILES string of the molecule is CC(C)(C)[Si](C)(C)Oc1cc(C[NH+](CCCl)CCCl)c(O[Si](C)(C)C(C)(C)C)cc1C[NH+](CCCl)CCCl.[Br-].[Br-]. The summed E-state index contributed by atoms with van der Waals surface area (Å²) in [7, 11) is -4.19. The van der Waals surface area contributed by atoms with Crippen LogP contribution in [0.3, 0.4) is 0 Å². The van der Waals surface area contributed by atoms with Crippen molar-refractivity contribution in [1.82, 2.24) is 0 Å². The molecule has 0 aliphatic heterocycles. The predicted octanol–water partition coefficient (Wildman–Crippen LogP) is 0.188. The summed E-state index contributed by atoms with van der Waals surface area (Å²) in [4.78, 5) is 2.69. The third-order valence-corrected chi connectivity index (χ3v) is 17.7. The fourth-order valence-electron chi connectivity index (χ4n) is 3.64. The van der Waals surface area contributed by atoms with Crippen molar-refractivity contribution in [2.75, 3.05) is 49.7 Å². The molecule has 0 aliphatic rings. The monoisotopic (exact) mass is 804 g/mol. The second kappa shape index (κ2) is 19.0. The Labute approximate surface area is 288 Å². The average Bonchev–Trinajstić information content (AvgIpc) is 2.75. The van der Waals surface area contributed by atoms with Crippen molar-refractivity contribution in [3.63, 3.8) is 0 Å². The van der Waals surface area contributed by atoms with Crippen LogP contribution in [0.1, 0.15) is 52.7 Å². The maximum Gasteiger partial charge on any atom is 0.250 e. The quantitative estimate of drug-likeness (QED) is 0.185. The van der Waals surface area contributed by atoms with Gasteiger partial charge in [-0.1, -0.05) is 41.5 Å². The van der Waals surface area contributed by atoms with Gasteiger partial charge in [0.2, 0.25) is 16.6 Å². The summed E-state index contributed by atoms with van der Waals surface area (Å²) >= 11 is 24.7. The van der Waals surface area contributed by atoms with Crippen LogP contribution in [0.15, 0.2) is 12.1 Å². The van der Waals surface area contributed by atoms with Gasteiger partial charge in [0.25, 0.3) is 0 Å². The molecule has 4 nitrogen and oxygen atoms in total. The largest absolute Gasteiger partial charge is 1.00 e. The van der Waals surface area contributed by atoms with Crippen molar-refractivity contribution in [2.24, 2.45) is 0 Å². The van der Waals surface area contributed by atoms with E-state index in [9.17, 15) is 0 Å². The zero-order chi connectivity index (χ0) is 29.4. The van der Waals surface area contributed by atoms with Crippen LogP contribution in [0.4, 0.5) is 0 Å². The lowest BCUT2D eigenvalue weighted by Gasteiger charge is -2.39. The fraction of sp³-hybridized carbons (Fsp3) is 0.786. The molecule has 0 unspecified atom stereocenters. The van der Waals surface area contributed by atoms with Gasteiger partial charge >= 0.3 is 0 Å². The number of hydrogen-bond donors (Lipinski definition) is 2. The minimum atomic E-state index is -2.10. The Kier molecular flexibility index (Phi) is 20.6. The molecule has 0 amide bonds. The maximum atomic E-state index is 7.00. The lowest BCUT2D eigenvalue weighted by molar-refractivity contribution is -0.909. The second-order valence-electron chi connectivity index (χ2n) is 13.4. The zero-order valence-corrected chi connectivity index (χ0v) is 34.5. The van der Waals surface area contributed by atoms with Gasteiger partial charge in [-0.05, 0) is 48.4 Å². The maximum absolute atomic E-state index is 7.00. The van der Waals surface area contributed by atoms with E-state index >= 15 is 0 Å². The summed E-state index contributed by atoms with van der Waals surface area (Å²) in [6.45, 7) is 27.8. The molecule has 238 valence electrons. The molecule has 2 N–H and O–H groups in total. The number of alkyl halides is 4. The van der Waals surface area contributed by atoms with E-state index in [1.165, 1.54) is 9.80 Å². The van der Waals surface area contributed by atoms with Gasteiger partial charge in [-0.2, -0.15) is 0 Å². The highest BCUT2D eigenvalue weighted by Crippen LogP contribution is 2.42. The van der Waals surface area contributed by atoms with Crippen molar-refractivity contribution in [1.29, 1.82) is 0 Å². The number of benzene rings is 1. The molecule has 1 aromatic carbocycles. The smallest absolute Gasteiger partial charge is 0.250 e. The van der Waals surface area contributed by atoms with E-state index in [-0.39, 0.29) is 44.0 Å². The lowest BCUT2D eigenvalue weighted by atomic mass is 10.1. The van der Waals surface area contributed by atoms with Gasteiger partial charge in [0.15, 0.2) is 0 Å². The van der Waals surface area contributed by atoms with Crippen molar-refractivity contribution in [2.45, 2.75) is 90.9 Å². The molecule has 0 atom stereocenters. The van der Waals surface area contributed by atoms with Gasteiger partial charge in [-0.25, -0.2) is 0 Å². The molecular weight excluding hydrogens is 754 g/mol.